The molecule has 100 valence electrons. The van der Waals surface area contributed by atoms with Crippen molar-refractivity contribution < 1.29 is 19.5 Å². The number of urea groups is 1. The van der Waals surface area contributed by atoms with Gasteiger partial charge in [0.1, 0.15) is 0 Å². The van der Waals surface area contributed by atoms with E-state index in [-0.39, 0.29) is 24.5 Å². The first kappa shape index (κ1) is 12.7. The molecule has 0 radical (unpaired) electrons. The van der Waals surface area contributed by atoms with E-state index in [2.05, 4.69) is 10.6 Å². The Morgan fingerprint density at radius 1 is 1.44 bits per heavy atom. The summed E-state index contributed by atoms with van der Waals surface area (Å²) >= 11 is 0. The van der Waals surface area contributed by atoms with Crippen molar-refractivity contribution in [3.8, 4) is 0 Å². The molecule has 2 unspecified atom stereocenters. The number of carbonyl (C=O) groups excluding carboxylic acids is 2. The van der Waals surface area contributed by atoms with Gasteiger partial charge in [-0.25, -0.2) is 4.79 Å². The first-order chi connectivity index (χ1) is 8.56. The largest absolute Gasteiger partial charge is 0.481 e. The average Bonchev–Trinajstić information content (AvgIpc) is 2.75. The number of aliphatic carboxylic acids is 1. The lowest BCUT2D eigenvalue weighted by Crippen LogP contribution is -2.50. The quantitative estimate of drug-likeness (QED) is 0.612. The SMILES string of the molecule is O=C1CC(NC(=O)N2CCCC(C(=O)O)C2)CN1. The van der Waals surface area contributed by atoms with Crippen LogP contribution in [0.5, 0.6) is 0 Å². The highest BCUT2D eigenvalue weighted by molar-refractivity contribution is 5.81. The molecule has 0 aliphatic carbocycles. The van der Waals surface area contributed by atoms with Crippen molar-refractivity contribution in [2.24, 2.45) is 5.92 Å². The molecule has 7 heteroatoms. The van der Waals surface area contributed by atoms with E-state index in [0.29, 0.717) is 32.4 Å². The van der Waals surface area contributed by atoms with Gasteiger partial charge in [0.05, 0.1) is 12.0 Å². The Bertz CT molecular complexity index is 371. The maximum Gasteiger partial charge on any atom is 0.317 e. The maximum absolute atomic E-state index is 11.9. The van der Waals surface area contributed by atoms with Crippen molar-refractivity contribution in [1.29, 1.82) is 0 Å². The average molecular weight is 255 g/mol. The van der Waals surface area contributed by atoms with E-state index in [4.69, 9.17) is 5.11 Å². The van der Waals surface area contributed by atoms with Gasteiger partial charge in [-0.1, -0.05) is 0 Å². The molecule has 7 nitrogen and oxygen atoms in total. The van der Waals surface area contributed by atoms with E-state index in [1.54, 1.807) is 0 Å². The molecule has 0 aromatic heterocycles. The summed E-state index contributed by atoms with van der Waals surface area (Å²) in [4.78, 5) is 35.3. The Balaban J connectivity index is 1.85. The second-order valence-corrected chi connectivity index (χ2v) is 4.78. The molecule has 2 aliphatic rings. The van der Waals surface area contributed by atoms with Crippen LogP contribution in [0.3, 0.4) is 0 Å². The van der Waals surface area contributed by atoms with Crippen molar-refractivity contribution in [3.63, 3.8) is 0 Å². The van der Waals surface area contributed by atoms with Crippen LogP contribution in [0.4, 0.5) is 4.79 Å². The van der Waals surface area contributed by atoms with Crippen LogP contribution in [0.25, 0.3) is 0 Å². The molecule has 2 heterocycles. The Hall–Kier alpha value is -1.79. The number of nitrogens with zero attached hydrogens (tertiary/aromatic N) is 1. The number of nitrogens with one attached hydrogen (secondary N) is 2. The van der Waals surface area contributed by atoms with Gasteiger partial charge in [-0.15, -0.1) is 0 Å². The van der Waals surface area contributed by atoms with Gasteiger partial charge in [-0.2, -0.15) is 0 Å². The summed E-state index contributed by atoms with van der Waals surface area (Å²) in [6, 6.07) is -0.461. The van der Waals surface area contributed by atoms with Crippen LogP contribution in [0, 0.1) is 5.92 Å². The topological polar surface area (TPSA) is 98.7 Å². The number of hydrogen-bond donors (Lipinski definition) is 3. The third-order valence-electron chi connectivity index (χ3n) is 3.36. The van der Waals surface area contributed by atoms with Gasteiger partial charge in [0.15, 0.2) is 0 Å². The van der Waals surface area contributed by atoms with Crippen molar-refractivity contribution in [2.45, 2.75) is 25.3 Å². The van der Waals surface area contributed by atoms with Crippen LogP contribution in [0.15, 0.2) is 0 Å². The lowest BCUT2D eigenvalue weighted by molar-refractivity contribution is -0.143. The van der Waals surface area contributed by atoms with Gasteiger partial charge in [-0.3, -0.25) is 9.59 Å². The molecule has 3 amide bonds. The Morgan fingerprint density at radius 2 is 2.22 bits per heavy atom. The Labute approximate surface area is 105 Å². The molecule has 0 saturated carbocycles. The molecule has 2 saturated heterocycles. The second-order valence-electron chi connectivity index (χ2n) is 4.78. The molecule has 2 aliphatic heterocycles. The summed E-state index contributed by atoms with van der Waals surface area (Å²) in [5.41, 5.74) is 0. The Kier molecular flexibility index (Phi) is 3.69. The zero-order valence-electron chi connectivity index (χ0n) is 10.0. The molecule has 18 heavy (non-hydrogen) atoms. The lowest BCUT2D eigenvalue weighted by Gasteiger charge is -2.31. The van der Waals surface area contributed by atoms with E-state index in [9.17, 15) is 14.4 Å². The number of hydrogen-bond acceptors (Lipinski definition) is 3. The number of likely N-dealkylation sites (tertiary alicyclic amines) is 1. The van der Waals surface area contributed by atoms with E-state index < -0.39 is 11.9 Å². The Morgan fingerprint density at radius 3 is 2.83 bits per heavy atom. The summed E-state index contributed by atoms with van der Waals surface area (Å²) < 4.78 is 0. The predicted octanol–water partition coefficient (Wildman–Crippen LogP) is -0.619. The molecule has 0 bridgehead atoms. The number of carbonyl (C=O) groups is 3. The molecule has 2 fully saturated rings. The molecular weight excluding hydrogens is 238 g/mol. The van der Waals surface area contributed by atoms with Gasteiger partial charge in [0, 0.05) is 26.1 Å². The number of carboxylic acids is 1. The van der Waals surface area contributed by atoms with Gasteiger partial charge in [0.25, 0.3) is 0 Å². The third-order valence-corrected chi connectivity index (χ3v) is 3.36. The third kappa shape index (κ3) is 2.91. The zero-order chi connectivity index (χ0) is 13.1. The fourth-order valence-corrected chi connectivity index (χ4v) is 2.34. The van der Waals surface area contributed by atoms with Crippen LogP contribution in [0.1, 0.15) is 19.3 Å². The number of rotatable bonds is 2. The van der Waals surface area contributed by atoms with Crippen LogP contribution >= 0.6 is 0 Å². The summed E-state index contributed by atoms with van der Waals surface area (Å²) in [5, 5.41) is 14.3. The molecule has 0 spiro atoms. The molecular formula is C11H17N3O4. The van der Waals surface area contributed by atoms with Crippen molar-refractivity contribution >= 4 is 17.9 Å². The van der Waals surface area contributed by atoms with Gasteiger partial charge < -0.3 is 20.6 Å². The monoisotopic (exact) mass is 255 g/mol. The predicted molar refractivity (Wildman–Crippen MR) is 61.9 cm³/mol. The lowest BCUT2D eigenvalue weighted by atomic mass is 9.99. The van der Waals surface area contributed by atoms with E-state index in [1.807, 2.05) is 0 Å². The van der Waals surface area contributed by atoms with Gasteiger partial charge in [0.2, 0.25) is 5.91 Å². The first-order valence-corrected chi connectivity index (χ1v) is 6.11. The minimum absolute atomic E-state index is 0.0673. The summed E-state index contributed by atoms with van der Waals surface area (Å²) in [5.74, 6) is -1.40. The van der Waals surface area contributed by atoms with E-state index in [0.717, 1.165) is 0 Å². The second kappa shape index (κ2) is 5.24. The highest BCUT2D eigenvalue weighted by atomic mass is 16.4. The minimum Gasteiger partial charge on any atom is -0.481 e. The van der Waals surface area contributed by atoms with Crippen LogP contribution in [-0.4, -0.2) is 53.6 Å². The molecule has 0 aromatic carbocycles. The number of carboxylic acid groups (broad SMARTS) is 1. The smallest absolute Gasteiger partial charge is 0.317 e. The normalized spacial score (nSPS) is 27.8. The highest BCUT2D eigenvalue weighted by Crippen LogP contribution is 2.16. The standard InChI is InChI=1S/C11H17N3O4/c15-9-4-8(5-12-9)13-11(18)14-3-1-2-7(6-14)10(16)17/h7-8H,1-6H2,(H,12,15)(H,13,18)(H,16,17). The van der Waals surface area contributed by atoms with Crippen molar-refractivity contribution in [2.75, 3.05) is 19.6 Å². The zero-order valence-corrected chi connectivity index (χ0v) is 10.0. The van der Waals surface area contributed by atoms with Crippen molar-refractivity contribution in [3.05, 3.63) is 0 Å². The molecule has 2 atom stereocenters. The first-order valence-electron chi connectivity index (χ1n) is 6.11. The van der Waals surface area contributed by atoms with Crippen LogP contribution in [-0.2, 0) is 9.59 Å². The molecule has 0 aromatic rings. The maximum atomic E-state index is 11.9. The fourth-order valence-electron chi connectivity index (χ4n) is 2.34. The summed E-state index contributed by atoms with van der Waals surface area (Å²) in [6.07, 6.45) is 1.61. The van der Waals surface area contributed by atoms with Crippen LogP contribution < -0.4 is 10.6 Å². The van der Waals surface area contributed by atoms with Gasteiger partial charge >= 0.3 is 12.0 Å². The minimum atomic E-state index is -0.856. The van der Waals surface area contributed by atoms with Crippen LogP contribution in [0.2, 0.25) is 0 Å². The fraction of sp³-hybridized carbons (Fsp3) is 0.727. The highest BCUT2D eigenvalue weighted by Gasteiger charge is 2.30. The summed E-state index contributed by atoms with van der Waals surface area (Å²) in [6.45, 7) is 1.26. The summed E-state index contributed by atoms with van der Waals surface area (Å²) in [7, 11) is 0. The molecule has 3 N–H and O–H groups in total. The van der Waals surface area contributed by atoms with E-state index in [1.165, 1.54) is 4.90 Å². The number of amides is 3. The molecule has 2 rings (SSSR count). The van der Waals surface area contributed by atoms with Gasteiger partial charge in [-0.05, 0) is 12.8 Å². The van der Waals surface area contributed by atoms with E-state index >= 15 is 0 Å². The van der Waals surface area contributed by atoms with Crippen molar-refractivity contribution in [1.82, 2.24) is 15.5 Å². The number of piperidine rings is 1.